The topological polar surface area (TPSA) is 48.5 Å². The molecule has 1 saturated carbocycles. The van der Waals surface area contributed by atoms with Crippen molar-refractivity contribution in [2.45, 2.75) is 31.5 Å². The summed E-state index contributed by atoms with van der Waals surface area (Å²) in [6.07, 6.45) is -0.752. The molecule has 3 rings (SSSR count). The molecule has 138 valence electrons. The Hall–Kier alpha value is -1.54. The fourth-order valence-corrected chi connectivity index (χ4v) is 3.15. The van der Waals surface area contributed by atoms with Crippen LogP contribution in [0.1, 0.15) is 24.8 Å². The molecule has 0 aromatic carbocycles. The number of carbonyl (C=O) groups is 1. The average molecular weight is 377 g/mol. The summed E-state index contributed by atoms with van der Waals surface area (Å²) in [4.78, 5) is 19.8. The molecule has 0 atom stereocenters. The quantitative estimate of drug-likeness (QED) is 0.877. The predicted octanol–water partition coefficient (Wildman–Crippen LogP) is 2.54. The summed E-state index contributed by atoms with van der Waals surface area (Å²) in [6, 6.07) is 1.25. The number of aromatic nitrogens is 1. The molecule has 0 unspecified atom stereocenters. The van der Waals surface area contributed by atoms with E-state index in [9.17, 15) is 18.0 Å². The van der Waals surface area contributed by atoms with Crippen molar-refractivity contribution in [3.63, 3.8) is 0 Å². The molecule has 1 N–H and O–H groups in total. The van der Waals surface area contributed by atoms with Crippen LogP contribution in [-0.4, -0.2) is 54.6 Å². The van der Waals surface area contributed by atoms with Crippen LogP contribution in [0.2, 0.25) is 5.02 Å². The van der Waals surface area contributed by atoms with Gasteiger partial charge in [0.05, 0.1) is 17.1 Å². The summed E-state index contributed by atoms with van der Waals surface area (Å²) in [5, 5.41) is 2.95. The minimum Gasteiger partial charge on any atom is -0.354 e. The third-order valence-corrected chi connectivity index (χ3v) is 4.62. The maximum absolute atomic E-state index is 12.7. The molecular weight excluding hydrogens is 357 g/mol. The molecule has 2 aliphatic rings. The molecule has 1 aromatic heterocycles. The molecule has 25 heavy (non-hydrogen) atoms. The first-order valence-corrected chi connectivity index (χ1v) is 8.70. The smallest absolute Gasteiger partial charge is 0.354 e. The summed E-state index contributed by atoms with van der Waals surface area (Å²) in [7, 11) is 0. The molecule has 1 aliphatic heterocycles. The first-order valence-electron chi connectivity index (χ1n) is 8.32. The van der Waals surface area contributed by atoms with Gasteiger partial charge in [-0.15, -0.1) is 0 Å². The number of alkyl halides is 3. The summed E-state index contributed by atoms with van der Waals surface area (Å²) in [5.74, 6) is 0.389. The van der Waals surface area contributed by atoms with Gasteiger partial charge in [-0.2, -0.15) is 13.2 Å². The van der Waals surface area contributed by atoms with Gasteiger partial charge in [-0.3, -0.25) is 9.69 Å². The highest BCUT2D eigenvalue weighted by molar-refractivity contribution is 6.33. The van der Waals surface area contributed by atoms with Crippen molar-refractivity contribution in [1.82, 2.24) is 15.2 Å². The van der Waals surface area contributed by atoms with E-state index in [0.717, 1.165) is 38.1 Å². The Bertz CT molecular complexity index is 636. The highest BCUT2D eigenvalue weighted by Gasteiger charge is 2.32. The van der Waals surface area contributed by atoms with E-state index in [1.807, 2.05) is 4.90 Å². The first kappa shape index (κ1) is 18.3. The van der Waals surface area contributed by atoms with E-state index >= 15 is 0 Å². The van der Waals surface area contributed by atoms with Crippen molar-refractivity contribution in [2.24, 2.45) is 0 Å². The van der Waals surface area contributed by atoms with Crippen molar-refractivity contribution < 1.29 is 18.0 Å². The Balaban J connectivity index is 1.59. The lowest BCUT2D eigenvalue weighted by molar-refractivity contribution is -0.137. The van der Waals surface area contributed by atoms with Crippen LogP contribution in [0, 0.1) is 0 Å². The highest BCUT2D eigenvalue weighted by atomic mass is 35.5. The van der Waals surface area contributed by atoms with Gasteiger partial charge in [0.15, 0.2) is 0 Å². The van der Waals surface area contributed by atoms with Gasteiger partial charge in [0.1, 0.15) is 5.82 Å². The fraction of sp³-hybridized carbons (Fsp3) is 0.625. The SMILES string of the molecule is O=C(CN1CCCN(c2ncc(C(F)(F)F)cc2Cl)CC1)NC1CC1. The molecule has 0 radical (unpaired) electrons. The number of carbonyl (C=O) groups excluding carboxylic acids is 1. The molecule has 1 aliphatic carbocycles. The molecule has 1 aromatic rings. The number of nitrogens with one attached hydrogen (secondary N) is 1. The maximum atomic E-state index is 12.7. The van der Waals surface area contributed by atoms with Crippen molar-refractivity contribution >= 4 is 23.3 Å². The van der Waals surface area contributed by atoms with Crippen LogP contribution in [0.4, 0.5) is 19.0 Å². The van der Waals surface area contributed by atoms with Crippen molar-refractivity contribution in [3.8, 4) is 0 Å². The number of pyridine rings is 1. The molecular formula is C16H20ClF3N4O. The lowest BCUT2D eigenvalue weighted by Crippen LogP contribution is -2.40. The van der Waals surface area contributed by atoms with Crippen LogP contribution in [0.5, 0.6) is 0 Å². The zero-order valence-electron chi connectivity index (χ0n) is 13.7. The largest absolute Gasteiger partial charge is 0.417 e. The molecule has 1 saturated heterocycles. The number of nitrogens with zero attached hydrogens (tertiary/aromatic N) is 3. The van der Waals surface area contributed by atoms with Crippen LogP contribution in [-0.2, 0) is 11.0 Å². The zero-order valence-corrected chi connectivity index (χ0v) is 14.4. The van der Waals surface area contributed by atoms with Crippen LogP contribution >= 0.6 is 11.6 Å². The normalized spacial score (nSPS) is 19.6. The molecule has 2 heterocycles. The van der Waals surface area contributed by atoms with Crippen LogP contribution in [0.3, 0.4) is 0 Å². The van der Waals surface area contributed by atoms with Crippen molar-refractivity contribution in [1.29, 1.82) is 0 Å². The number of hydrogen-bond acceptors (Lipinski definition) is 4. The second kappa shape index (κ2) is 7.37. The molecule has 2 fully saturated rings. The van der Waals surface area contributed by atoms with Gasteiger partial charge in [-0.05, 0) is 25.3 Å². The van der Waals surface area contributed by atoms with Gasteiger partial charge in [-0.25, -0.2) is 4.98 Å². The van der Waals surface area contributed by atoms with E-state index in [0.29, 0.717) is 38.0 Å². The zero-order chi connectivity index (χ0) is 18.0. The van der Waals surface area contributed by atoms with Gasteiger partial charge >= 0.3 is 6.18 Å². The summed E-state index contributed by atoms with van der Waals surface area (Å²) >= 11 is 6.03. The molecule has 5 nitrogen and oxygen atoms in total. The van der Waals surface area contributed by atoms with Gasteiger partial charge in [-0.1, -0.05) is 11.6 Å². The van der Waals surface area contributed by atoms with Crippen molar-refractivity contribution in [3.05, 3.63) is 22.8 Å². The minimum absolute atomic E-state index is 0.00486. The van der Waals surface area contributed by atoms with E-state index in [2.05, 4.69) is 15.2 Å². The third kappa shape index (κ3) is 4.98. The number of hydrogen-bond donors (Lipinski definition) is 1. The Kier molecular flexibility index (Phi) is 5.38. The minimum atomic E-state index is -4.46. The van der Waals surface area contributed by atoms with E-state index in [1.54, 1.807) is 0 Å². The Labute approximate surface area is 149 Å². The standard InChI is InChI=1S/C16H20ClF3N4O/c17-13-8-11(16(18,19)20)9-21-15(13)24-5-1-4-23(6-7-24)10-14(25)22-12-2-3-12/h8-9,12H,1-7,10H2,(H,22,25). The van der Waals surface area contributed by atoms with Gasteiger partial charge in [0, 0.05) is 38.4 Å². The summed E-state index contributed by atoms with van der Waals surface area (Å²) in [5.41, 5.74) is -0.852. The van der Waals surface area contributed by atoms with Gasteiger partial charge in [0.25, 0.3) is 0 Å². The lowest BCUT2D eigenvalue weighted by atomic mass is 10.2. The van der Waals surface area contributed by atoms with Crippen LogP contribution < -0.4 is 10.2 Å². The summed E-state index contributed by atoms with van der Waals surface area (Å²) < 4.78 is 38.2. The van der Waals surface area contributed by atoms with Gasteiger partial charge in [0.2, 0.25) is 5.91 Å². The number of halogens is 4. The Morgan fingerprint density at radius 2 is 2.04 bits per heavy atom. The van der Waals surface area contributed by atoms with Crippen LogP contribution in [0.25, 0.3) is 0 Å². The predicted molar refractivity (Wildman–Crippen MR) is 88.7 cm³/mol. The van der Waals surface area contributed by atoms with E-state index in [-0.39, 0.29) is 10.9 Å². The van der Waals surface area contributed by atoms with E-state index in [1.165, 1.54) is 0 Å². The third-order valence-electron chi connectivity index (χ3n) is 4.35. The number of amides is 1. The number of rotatable bonds is 4. The molecule has 9 heteroatoms. The van der Waals surface area contributed by atoms with Crippen LogP contribution in [0.15, 0.2) is 12.3 Å². The Morgan fingerprint density at radius 3 is 2.68 bits per heavy atom. The Morgan fingerprint density at radius 1 is 1.28 bits per heavy atom. The monoisotopic (exact) mass is 376 g/mol. The second-order valence-electron chi connectivity index (χ2n) is 6.49. The molecule has 0 bridgehead atoms. The average Bonchev–Trinajstić information content (AvgIpc) is 3.34. The van der Waals surface area contributed by atoms with Crippen molar-refractivity contribution in [2.75, 3.05) is 37.6 Å². The fourth-order valence-electron chi connectivity index (χ4n) is 2.86. The lowest BCUT2D eigenvalue weighted by Gasteiger charge is -2.23. The first-order chi connectivity index (χ1) is 11.8. The molecule has 1 amide bonds. The number of anilines is 1. The maximum Gasteiger partial charge on any atom is 0.417 e. The van der Waals surface area contributed by atoms with E-state index in [4.69, 9.17) is 11.6 Å². The highest BCUT2D eigenvalue weighted by Crippen LogP contribution is 2.33. The van der Waals surface area contributed by atoms with E-state index < -0.39 is 11.7 Å². The van der Waals surface area contributed by atoms with Gasteiger partial charge < -0.3 is 10.2 Å². The second-order valence-corrected chi connectivity index (χ2v) is 6.89. The molecule has 0 spiro atoms. The summed E-state index contributed by atoms with van der Waals surface area (Å²) in [6.45, 7) is 2.94.